The van der Waals surface area contributed by atoms with Crippen LogP contribution in [0.5, 0.6) is 0 Å². The molecule has 0 spiro atoms. The van der Waals surface area contributed by atoms with Crippen LogP contribution in [0.1, 0.15) is 11.1 Å². The van der Waals surface area contributed by atoms with E-state index in [0.717, 1.165) is 6.26 Å². The van der Waals surface area contributed by atoms with Crippen LogP contribution in [-0.4, -0.2) is 33.0 Å². The van der Waals surface area contributed by atoms with E-state index in [-0.39, 0.29) is 19.5 Å². The molecule has 0 aliphatic heterocycles. The third-order valence-electron chi connectivity index (χ3n) is 3.49. The third kappa shape index (κ3) is 7.45. The van der Waals surface area contributed by atoms with E-state index in [1.807, 2.05) is 0 Å². The lowest BCUT2D eigenvalue weighted by Crippen LogP contribution is -2.37. The molecule has 2 aromatic carbocycles. The Balaban J connectivity index is 1.82. The largest absolute Gasteiger partial charge is 0.350 e. The number of halogens is 1. The van der Waals surface area contributed by atoms with Crippen LogP contribution in [0.15, 0.2) is 48.5 Å². The van der Waals surface area contributed by atoms with Crippen molar-refractivity contribution in [2.45, 2.75) is 13.0 Å². The number of carbonyl (C=O) groups excluding carboxylic acids is 2. The topological polar surface area (TPSA) is 104 Å². The molecule has 0 aliphatic carbocycles. The van der Waals surface area contributed by atoms with Crippen molar-refractivity contribution in [1.29, 1.82) is 0 Å². The van der Waals surface area contributed by atoms with Crippen LogP contribution in [0.25, 0.3) is 0 Å². The Morgan fingerprint density at radius 1 is 1.00 bits per heavy atom. The molecule has 27 heavy (non-hydrogen) atoms. The van der Waals surface area contributed by atoms with Crippen molar-refractivity contribution in [3.8, 4) is 0 Å². The molecule has 0 bridgehead atoms. The van der Waals surface area contributed by atoms with E-state index in [2.05, 4.69) is 15.4 Å². The monoisotopic (exact) mass is 393 g/mol. The van der Waals surface area contributed by atoms with Gasteiger partial charge in [-0.1, -0.05) is 30.3 Å². The second-order valence-electron chi connectivity index (χ2n) is 5.89. The average Bonchev–Trinajstić information content (AvgIpc) is 2.58. The second kappa shape index (κ2) is 9.13. The van der Waals surface area contributed by atoms with Crippen LogP contribution in [0, 0.1) is 5.82 Å². The van der Waals surface area contributed by atoms with E-state index in [1.165, 1.54) is 18.2 Å². The smallest absolute Gasteiger partial charge is 0.239 e. The van der Waals surface area contributed by atoms with E-state index in [0.29, 0.717) is 16.8 Å². The van der Waals surface area contributed by atoms with Gasteiger partial charge in [0.15, 0.2) is 0 Å². The molecule has 0 saturated carbocycles. The molecule has 0 heterocycles. The molecule has 0 aromatic heterocycles. The van der Waals surface area contributed by atoms with Crippen LogP contribution in [0.4, 0.5) is 10.1 Å². The highest BCUT2D eigenvalue weighted by atomic mass is 32.2. The number of hydrogen-bond donors (Lipinski definition) is 3. The van der Waals surface area contributed by atoms with E-state index in [1.54, 1.807) is 30.3 Å². The lowest BCUT2D eigenvalue weighted by molar-refractivity contribution is -0.125. The summed E-state index contributed by atoms with van der Waals surface area (Å²) in [5, 5.41) is 5.06. The number of sulfonamides is 1. The number of benzene rings is 2. The Bertz CT molecular complexity index is 932. The van der Waals surface area contributed by atoms with E-state index >= 15 is 0 Å². The minimum Gasteiger partial charge on any atom is -0.350 e. The molecule has 0 unspecified atom stereocenters. The van der Waals surface area contributed by atoms with Crippen molar-refractivity contribution >= 4 is 27.5 Å². The number of nitrogens with one attached hydrogen (secondary N) is 3. The Hall–Kier alpha value is -2.94. The molecule has 0 fully saturated rings. The van der Waals surface area contributed by atoms with Crippen molar-refractivity contribution in [2.24, 2.45) is 0 Å². The van der Waals surface area contributed by atoms with Crippen LogP contribution >= 0.6 is 0 Å². The Labute approximate surface area is 157 Å². The fraction of sp³-hybridized carbons (Fsp3) is 0.222. The number of para-hydroxylation sites is 1. The van der Waals surface area contributed by atoms with Gasteiger partial charge in [-0.2, -0.15) is 0 Å². The van der Waals surface area contributed by atoms with Crippen LogP contribution < -0.4 is 15.4 Å². The summed E-state index contributed by atoms with van der Waals surface area (Å²) in [7, 11) is -3.44. The van der Waals surface area contributed by atoms with Gasteiger partial charge in [0.1, 0.15) is 5.82 Å². The first kappa shape index (κ1) is 20.4. The van der Waals surface area contributed by atoms with Gasteiger partial charge in [-0.15, -0.1) is 0 Å². The van der Waals surface area contributed by atoms with Gasteiger partial charge in [-0.25, -0.2) is 12.8 Å². The molecule has 0 radical (unpaired) electrons. The van der Waals surface area contributed by atoms with Gasteiger partial charge in [0.05, 0.1) is 24.9 Å². The van der Waals surface area contributed by atoms with Crippen molar-refractivity contribution in [3.05, 3.63) is 65.5 Å². The maximum atomic E-state index is 13.1. The first-order valence-corrected chi connectivity index (χ1v) is 9.95. The number of carbonyl (C=O) groups is 2. The van der Waals surface area contributed by atoms with Gasteiger partial charge in [0, 0.05) is 6.54 Å². The fourth-order valence-corrected chi connectivity index (χ4v) is 2.90. The summed E-state index contributed by atoms with van der Waals surface area (Å²) in [6.07, 6.45) is 1.00. The summed E-state index contributed by atoms with van der Waals surface area (Å²) in [5.41, 5.74) is 1.46. The van der Waals surface area contributed by atoms with Gasteiger partial charge < -0.3 is 10.6 Å². The second-order valence-corrected chi connectivity index (χ2v) is 7.64. The van der Waals surface area contributed by atoms with Crippen molar-refractivity contribution in [1.82, 2.24) is 10.6 Å². The summed E-state index contributed by atoms with van der Waals surface area (Å²) in [6.45, 7) is -0.146. The minimum absolute atomic E-state index is 0.0356. The quantitative estimate of drug-likeness (QED) is 0.626. The predicted octanol–water partition coefficient (Wildman–Crippen LogP) is 1.17. The number of amides is 2. The highest BCUT2D eigenvalue weighted by Gasteiger charge is 2.10. The SMILES string of the molecule is CS(=O)(=O)Nc1ccccc1CNC(=O)CNC(=O)Cc1cccc(F)c1. The highest BCUT2D eigenvalue weighted by molar-refractivity contribution is 7.92. The molecular formula is C18H20FN3O4S. The lowest BCUT2D eigenvalue weighted by atomic mass is 10.1. The third-order valence-corrected chi connectivity index (χ3v) is 4.08. The first-order valence-electron chi connectivity index (χ1n) is 8.06. The Morgan fingerprint density at radius 3 is 2.44 bits per heavy atom. The maximum absolute atomic E-state index is 13.1. The number of rotatable bonds is 8. The minimum atomic E-state index is -3.44. The zero-order valence-corrected chi connectivity index (χ0v) is 15.5. The summed E-state index contributed by atoms with van der Waals surface area (Å²) >= 11 is 0. The zero-order valence-electron chi connectivity index (χ0n) is 14.7. The van der Waals surface area contributed by atoms with Gasteiger partial charge in [0.2, 0.25) is 21.8 Å². The maximum Gasteiger partial charge on any atom is 0.239 e. The summed E-state index contributed by atoms with van der Waals surface area (Å²) in [5.74, 6) is -1.27. The normalized spacial score (nSPS) is 10.9. The van der Waals surface area contributed by atoms with Gasteiger partial charge in [-0.3, -0.25) is 14.3 Å². The number of hydrogen-bond acceptors (Lipinski definition) is 4. The summed E-state index contributed by atoms with van der Waals surface area (Å²) in [6, 6.07) is 12.3. The van der Waals surface area contributed by atoms with Crippen molar-refractivity contribution < 1.29 is 22.4 Å². The number of anilines is 1. The molecule has 0 saturated heterocycles. The van der Waals surface area contributed by atoms with Crippen LogP contribution in [-0.2, 0) is 32.6 Å². The standard InChI is InChI=1S/C18H20FN3O4S/c1-27(25,26)22-16-8-3-2-6-14(16)11-20-18(24)12-21-17(23)10-13-5-4-7-15(19)9-13/h2-9,22H,10-12H2,1H3,(H,20,24)(H,21,23). The molecule has 2 rings (SSSR count). The fourth-order valence-electron chi connectivity index (χ4n) is 2.30. The highest BCUT2D eigenvalue weighted by Crippen LogP contribution is 2.15. The van der Waals surface area contributed by atoms with Crippen molar-refractivity contribution in [3.63, 3.8) is 0 Å². The molecule has 2 amide bonds. The van der Waals surface area contributed by atoms with Crippen LogP contribution in [0.3, 0.4) is 0 Å². The first-order chi connectivity index (χ1) is 12.7. The van der Waals surface area contributed by atoms with E-state index in [4.69, 9.17) is 0 Å². The Kier molecular flexibility index (Phi) is 6.89. The molecule has 0 atom stereocenters. The van der Waals surface area contributed by atoms with Gasteiger partial charge in [-0.05, 0) is 29.3 Å². The molecule has 2 aromatic rings. The molecule has 0 aliphatic rings. The average molecular weight is 393 g/mol. The van der Waals surface area contributed by atoms with Gasteiger partial charge >= 0.3 is 0 Å². The molecular weight excluding hydrogens is 373 g/mol. The van der Waals surface area contributed by atoms with E-state index in [9.17, 15) is 22.4 Å². The van der Waals surface area contributed by atoms with Crippen molar-refractivity contribution in [2.75, 3.05) is 17.5 Å². The Morgan fingerprint density at radius 2 is 1.74 bits per heavy atom. The lowest BCUT2D eigenvalue weighted by Gasteiger charge is -2.12. The molecule has 9 heteroatoms. The predicted molar refractivity (Wildman–Crippen MR) is 99.9 cm³/mol. The molecule has 144 valence electrons. The van der Waals surface area contributed by atoms with E-state index < -0.39 is 27.7 Å². The summed E-state index contributed by atoms with van der Waals surface area (Å²) < 4.78 is 38.2. The molecule has 3 N–H and O–H groups in total. The molecule has 7 nitrogen and oxygen atoms in total. The van der Waals surface area contributed by atoms with Gasteiger partial charge in [0.25, 0.3) is 0 Å². The summed E-state index contributed by atoms with van der Waals surface area (Å²) in [4.78, 5) is 23.7. The van der Waals surface area contributed by atoms with Crippen LogP contribution in [0.2, 0.25) is 0 Å². The zero-order chi connectivity index (χ0) is 19.9.